The molecular formula is C16H32O3Si. The van der Waals surface area contributed by atoms with E-state index in [1.54, 1.807) is 0 Å². The van der Waals surface area contributed by atoms with E-state index in [0.717, 1.165) is 6.42 Å². The first-order chi connectivity index (χ1) is 8.80. The summed E-state index contributed by atoms with van der Waals surface area (Å²) in [7, 11) is -1.84. The summed E-state index contributed by atoms with van der Waals surface area (Å²) >= 11 is 0. The molecule has 1 aliphatic rings. The van der Waals surface area contributed by atoms with Crippen molar-refractivity contribution in [1.29, 1.82) is 0 Å². The van der Waals surface area contributed by atoms with E-state index >= 15 is 0 Å². The third-order valence-corrected chi connectivity index (χ3v) is 9.02. The van der Waals surface area contributed by atoms with Gasteiger partial charge in [-0.3, -0.25) is 0 Å². The smallest absolute Gasteiger partial charge is 0.193 e. The van der Waals surface area contributed by atoms with E-state index in [2.05, 4.69) is 47.4 Å². The molecule has 0 bridgehead atoms. The van der Waals surface area contributed by atoms with E-state index in [0.29, 0.717) is 6.61 Å². The van der Waals surface area contributed by atoms with Gasteiger partial charge in [-0.2, -0.15) is 0 Å². The fraction of sp³-hybridized carbons (Fsp3) is 0.875. The van der Waals surface area contributed by atoms with E-state index < -0.39 is 14.1 Å². The molecule has 0 aliphatic carbocycles. The van der Waals surface area contributed by atoms with Gasteiger partial charge in [-0.15, -0.1) is 6.58 Å². The van der Waals surface area contributed by atoms with Gasteiger partial charge in [0.25, 0.3) is 0 Å². The fourth-order valence-electron chi connectivity index (χ4n) is 2.22. The van der Waals surface area contributed by atoms with Crippen LogP contribution in [0.5, 0.6) is 0 Å². The highest BCUT2D eigenvalue weighted by Crippen LogP contribution is 2.41. The highest BCUT2D eigenvalue weighted by atomic mass is 28.4. The average molecular weight is 301 g/mol. The van der Waals surface area contributed by atoms with Crippen molar-refractivity contribution in [2.45, 2.75) is 83.6 Å². The topological polar surface area (TPSA) is 27.7 Å². The second-order valence-electron chi connectivity index (χ2n) is 8.03. The Morgan fingerprint density at radius 3 is 2.20 bits per heavy atom. The van der Waals surface area contributed by atoms with Gasteiger partial charge >= 0.3 is 0 Å². The third-order valence-electron chi connectivity index (χ3n) is 4.43. The Bertz CT molecular complexity index is 357. The molecule has 3 nitrogen and oxygen atoms in total. The zero-order chi connectivity index (χ0) is 15.8. The summed E-state index contributed by atoms with van der Waals surface area (Å²) in [6, 6.07) is 0. The summed E-state index contributed by atoms with van der Waals surface area (Å²) < 4.78 is 18.1. The van der Waals surface area contributed by atoms with Gasteiger partial charge in [-0.25, -0.2) is 0 Å². The van der Waals surface area contributed by atoms with Gasteiger partial charge in [0.2, 0.25) is 0 Å². The van der Waals surface area contributed by atoms with Crippen molar-refractivity contribution >= 4 is 8.32 Å². The average Bonchev–Trinajstić information content (AvgIpc) is 2.55. The van der Waals surface area contributed by atoms with E-state index in [-0.39, 0.29) is 16.7 Å². The molecule has 0 amide bonds. The fourth-order valence-corrected chi connectivity index (χ4v) is 3.86. The van der Waals surface area contributed by atoms with Gasteiger partial charge in [0, 0.05) is 6.42 Å². The molecule has 1 rings (SSSR count). The Morgan fingerprint density at radius 1 is 1.30 bits per heavy atom. The van der Waals surface area contributed by atoms with Crippen LogP contribution < -0.4 is 0 Å². The Hall–Kier alpha value is -0.163. The van der Waals surface area contributed by atoms with Crippen LogP contribution in [-0.4, -0.2) is 32.4 Å². The van der Waals surface area contributed by atoms with Crippen molar-refractivity contribution in [3.63, 3.8) is 0 Å². The van der Waals surface area contributed by atoms with Crippen LogP contribution in [-0.2, 0) is 13.9 Å². The molecule has 0 saturated carbocycles. The van der Waals surface area contributed by atoms with E-state index in [9.17, 15) is 0 Å². The van der Waals surface area contributed by atoms with Crippen LogP contribution in [0.2, 0.25) is 18.1 Å². The summed E-state index contributed by atoms with van der Waals surface area (Å²) in [5, 5.41) is 0.184. The molecule has 0 spiro atoms. The first kappa shape index (κ1) is 17.9. The lowest BCUT2D eigenvalue weighted by Crippen LogP contribution is -2.49. The molecule has 0 unspecified atom stereocenters. The first-order valence-corrected chi connectivity index (χ1v) is 10.4. The van der Waals surface area contributed by atoms with E-state index in [1.807, 2.05) is 19.9 Å². The molecule has 0 aromatic rings. The van der Waals surface area contributed by atoms with Gasteiger partial charge in [0.1, 0.15) is 0 Å². The van der Waals surface area contributed by atoms with Crippen LogP contribution in [0, 0.1) is 0 Å². The molecule has 1 aliphatic heterocycles. The van der Waals surface area contributed by atoms with Crippen LogP contribution in [0.15, 0.2) is 12.7 Å². The second-order valence-corrected chi connectivity index (χ2v) is 12.8. The van der Waals surface area contributed by atoms with Crippen molar-refractivity contribution in [1.82, 2.24) is 0 Å². The quantitative estimate of drug-likeness (QED) is 0.553. The molecule has 20 heavy (non-hydrogen) atoms. The third kappa shape index (κ3) is 4.42. The summed E-state index contributed by atoms with van der Waals surface area (Å²) in [6.45, 7) is 21.9. The number of ether oxygens (including phenoxy) is 2. The lowest BCUT2D eigenvalue weighted by molar-refractivity contribution is -0.142. The molecule has 118 valence electrons. The van der Waals surface area contributed by atoms with Gasteiger partial charge in [0.15, 0.2) is 14.1 Å². The first-order valence-electron chi connectivity index (χ1n) is 7.46. The maximum absolute atomic E-state index is 6.55. The molecule has 1 fully saturated rings. The molecular weight excluding hydrogens is 268 g/mol. The number of hydrogen-bond donors (Lipinski definition) is 0. The van der Waals surface area contributed by atoms with Crippen LogP contribution >= 0.6 is 0 Å². The molecule has 4 heteroatoms. The molecule has 0 radical (unpaired) electrons. The largest absolute Gasteiger partial charge is 0.408 e. The monoisotopic (exact) mass is 300 g/mol. The molecule has 0 aromatic carbocycles. The summed E-state index contributed by atoms with van der Waals surface area (Å²) in [5.74, 6) is -0.482. The summed E-state index contributed by atoms with van der Waals surface area (Å²) in [5.41, 5.74) is -0.364. The molecule has 0 N–H and O–H groups in total. The SMILES string of the molecule is C=C[C@@](C)(C[C@@H]1COC(C)(C)O1)O[Si](C)(C)C(C)(C)C. The standard InChI is InChI=1S/C16H32O3Si/c1-10-16(7,19-20(8,9)14(2,3)4)11-13-12-17-15(5,6)18-13/h10,13H,1,11-12H2,2-9H3/t13-,16+/m1/s1. The van der Waals surface area contributed by atoms with Crippen LogP contribution in [0.4, 0.5) is 0 Å². The normalized spacial score (nSPS) is 26.3. The highest BCUT2D eigenvalue weighted by Gasteiger charge is 2.44. The molecule has 1 saturated heterocycles. The maximum atomic E-state index is 6.55. The van der Waals surface area contributed by atoms with E-state index in [4.69, 9.17) is 13.9 Å². The Labute approximate surface area is 125 Å². The Balaban J connectivity index is 2.76. The van der Waals surface area contributed by atoms with Crippen LogP contribution in [0.25, 0.3) is 0 Å². The van der Waals surface area contributed by atoms with Crippen molar-refractivity contribution < 1.29 is 13.9 Å². The second kappa shape index (κ2) is 5.56. The van der Waals surface area contributed by atoms with Crippen molar-refractivity contribution in [2.24, 2.45) is 0 Å². The Kier molecular flexibility index (Phi) is 4.97. The number of hydrogen-bond acceptors (Lipinski definition) is 3. The minimum Gasteiger partial charge on any atom is -0.408 e. The minimum atomic E-state index is -1.84. The summed E-state index contributed by atoms with van der Waals surface area (Å²) in [6.07, 6.45) is 2.77. The molecule has 1 heterocycles. The Morgan fingerprint density at radius 2 is 1.85 bits per heavy atom. The van der Waals surface area contributed by atoms with Crippen molar-refractivity contribution in [3.05, 3.63) is 12.7 Å². The molecule has 2 atom stereocenters. The summed E-state index contributed by atoms with van der Waals surface area (Å²) in [4.78, 5) is 0. The predicted octanol–water partition coefficient (Wildman–Crippen LogP) is 4.49. The predicted molar refractivity (Wildman–Crippen MR) is 86.4 cm³/mol. The van der Waals surface area contributed by atoms with Gasteiger partial charge in [-0.05, 0) is 38.9 Å². The van der Waals surface area contributed by atoms with Crippen molar-refractivity contribution in [3.8, 4) is 0 Å². The highest BCUT2D eigenvalue weighted by molar-refractivity contribution is 6.74. The van der Waals surface area contributed by atoms with Gasteiger partial charge in [-0.1, -0.05) is 26.8 Å². The zero-order valence-corrected chi connectivity index (χ0v) is 15.5. The van der Waals surface area contributed by atoms with Gasteiger partial charge in [0.05, 0.1) is 18.3 Å². The van der Waals surface area contributed by atoms with Crippen molar-refractivity contribution in [2.75, 3.05) is 6.61 Å². The van der Waals surface area contributed by atoms with Crippen LogP contribution in [0.3, 0.4) is 0 Å². The number of rotatable bonds is 5. The lowest BCUT2D eigenvalue weighted by atomic mass is 9.99. The minimum absolute atomic E-state index is 0.0674. The zero-order valence-electron chi connectivity index (χ0n) is 14.5. The lowest BCUT2D eigenvalue weighted by Gasteiger charge is -2.43. The van der Waals surface area contributed by atoms with Gasteiger partial charge < -0.3 is 13.9 Å². The molecule has 0 aromatic heterocycles. The maximum Gasteiger partial charge on any atom is 0.193 e. The van der Waals surface area contributed by atoms with E-state index in [1.165, 1.54) is 0 Å². The van der Waals surface area contributed by atoms with Crippen LogP contribution in [0.1, 0.15) is 48.0 Å².